The van der Waals surface area contributed by atoms with Gasteiger partial charge in [-0.05, 0) is 36.6 Å². The summed E-state index contributed by atoms with van der Waals surface area (Å²) in [6.07, 6.45) is 0.577. The van der Waals surface area contributed by atoms with Crippen molar-refractivity contribution in [3.63, 3.8) is 0 Å². The van der Waals surface area contributed by atoms with Gasteiger partial charge in [0.25, 0.3) is 5.91 Å². The van der Waals surface area contributed by atoms with Crippen LogP contribution in [0.5, 0.6) is 5.75 Å². The average Bonchev–Trinajstić information content (AvgIpc) is 3.02. The Morgan fingerprint density at radius 3 is 2.41 bits per heavy atom. The summed E-state index contributed by atoms with van der Waals surface area (Å²) in [5.74, 6) is -0.00433. The molecule has 4 rings (SSSR count). The number of ether oxygens (including phenoxy) is 1. The third-order valence-corrected chi connectivity index (χ3v) is 6.01. The lowest BCUT2D eigenvalue weighted by Gasteiger charge is -2.23. The van der Waals surface area contributed by atoms with Gasteiger partial charge in [-0.1, -0.05) is 67.6 Å². The molecule has 0 saturated heterocycles. The number of rotatable bonds is 8. The first-order chi connectivity index (χ1) is 15.4. The summed E-state index contributed by atoms with van der Waals surface area (Å²) in [4.78, 5) is 27.8. The second-order valence-electron chi connectivity index (χ2n) is 8.10. The second-order valence-corrected chi connectivity index (χ2v) is 8.10. The zero-order chi connectivity index (χ0) is 22.7. The van der Waals surface area contributed by atoms with E-state index in [4.69, 9.17) is 4.74 Å². The van der Waals surface area contributed by atoms with Gasteiger partial charge in [-0.15, -0.1) is 0 Å². The number of aryl methyl sites for hydroxylation is 2. The summed E-state index contributed by atoms with van der Waals surface area (Å²) >= 11 is 0. The minimum Gasteiger partial charge on any atom is -0.491 e. The van der Waals surface area contributed by atoms with Gasteiger partial charge in [0, 0.05) is 11.1 Å². The fraction of sp³-hybridized carbons (Fsp3) is 0.259. The molecule has 164 valence electrons. The summed E-state index contributed by atoms with van der Waals surface area (Å²) in [5.41, 5.74) is 1.81. The van der Waals surface area contributed by atoms with Crippen molar-refractivity contribution >= 4 is 17.4 Å². The van der Waals surface area contributed by atoms with Gasteiger partial charge in [0.05, 0.1) is 18.7 Å². The maximum atomic E-state index is 13.3. The molecule has 1 N–H and O–H groups in total. The fourth-order valence-corrected chi connectivity index (χ4v) is 4.13. The molecule has 0 aliphatic carbocycles. The van der Waals surface area contributed by atoms with Crippen LogP contribution in [0.1, 0.15) is 40.4 Å². The van der Waals surface area contributed by atoms with Gasteiger partial charge in [-0.2, -0.15) is 0 Å². The highest BCUT2D eigenvalue weighted by atomic mass is 16.5. The first-order valence-electron chi connectivity index (χ1n) is 10.9. The predicted octanol–water partition coefficient (Wildman–Crippen LogP) is 4.44. The number of anilines is 1. The summed E-state index contributed by atoms with van der Waals surface area (Å²) in [6.45, 7) is 4.55. The molecule has 1 aliphatic rings. The number of carbonyl (C=O) groups excluding carboxylic acids is 2. The Morgan fingerprint density at radius 1 is 1.00 bits per heavy atom. The molecule has 1 heterocycles. The predicted molar refractivity (Wildman–Crippen MR) is 124 cm³/mol. The van der Waals surface area contributed by atoms with Gasteiger partial charge in [0.1, 0.15) is 12.4 Å². The Morgan fingerprint density at radius 2 is 1.69 bits per heavy atom. The molecule has 1 unspecified atom stereocenters. The van der Waals surface area contributed by atoms with E-state index >= 15 is 0 Å². The summed E-state index contributed by atoms with van der Waals surface area (Å²) < 4.78 is 5.86. The van der Waals surface area contributed by atoms with Crippen molar-refractivity contribution in [2.24, 2.45) is 0 Å². The quantitative estimate of drug-likeness (QED) is 0.538. The van der Waals surface area contributed by atoms with Crippen LogP contribution in [0.15, 0.2) is 72.8 Å². The summed E-state index contributed by atoms with van der Waals surface area (Å²) in [7, 11) is 0. The lowest BCUT2D eigenvalue weighted by molar-refractivity contribution is -0.135. The zero-order valence-corrected chi connectivity index (χ0v) is 18.4. The number of Topliss-reactive ketones (excluding diaryl/α,β-unsaturated/α-hetero) is 1. The van der Waals surface area contributed by atoms with Crippen LogP contribution in [-0.2, 0) is 16.8 Å². The van der Waals surface area contributed by atoms with Crippen molar-refractivity contribution in [2.45, 2.75) is 32.3 Å². The number of carbonyl (C=O) groups is 2. The molecule has 3 aromatic carbocycles. The molecule has 0 spiro atoms. The van der Waals surface area contributed by atoms with E-state index in [1.54, 1.807) is 30.3 Å². The van der Waals surface area contributed by atoms with E-state index in [1.807, 2.05) is 56.3 Å². The lowest BCUT2D eigenvalue weighted by Crippen LogP contribution is -2.43. The Bertz CT molecular complexity index is 1140. The molecule has 5 heteroatoms. The molecule has 0 fully saturated rings. The highest BCUT2D eigenvalue weighted by Crippen LogP contribution is 2.42. The Balaban J connectivity index is 1.53. The third-order valence-electron chi connectivity index (χ3n) is 6.01. The van der Waals surface area contributed by atoms with Crippen molar-refractivity contribution in [3.8, 4) is 5.75 Å². The van der Waals surface area contributed by atoms with Crippen LogP contribution in [0.4, 0.5) is 5.69 Å². The Kier molecular flexibility index (Phi) is 6.10. The van der Waals surface area contributed by atoms with Crippen molar-refractivity contribution < 1.29 is 19.4 Å². The van der Waals surface area contributed by atoms with Crippen LogP contribution >= 0.6 is 0 Å². The minimum atomic E-state index is -1.89. The first kappa shape index (κ1) is 21.8. The molecule has 0 radical (unpaired) electrons. The number of hydrogen-bond donors (Lipinski definition) is 1. The maximum absolute atomic E-state index is 13.3. The number of benzene rings is 3. The second kappa shape index (κ2) is 8.97. The molecule has 32 heavy (non-hydrogen) atoms. The molecule has 0 saturated carbocycles. The minimum absolute atomic E-state index is 0.267. The van der Waals surface area contributed by atoms with Crippen molar-refractivity contribution in [1.82, 2.24) is 0 Å². The van der Waals surface area contributed by atoms with Crippen LogP contribution < -0.4 is 9.64 Å². The first-order valence-corrected chi connectivity index (χ1v) is 10.9. The zero-order valence-electron chi connectivity index (χ0n) is 18.4. The van der Waals surface area contributed by atoms with E-state index in [-0.39, 0.29) is 25.4 Å². The molecule has 3 aromatic rings. The molecule has 5 nitrogen and oxygen atoms in total. The lowest BCUT2D eigenvalue weighted by atomic mass is 9.88. The van der Waals surface area contributed by atoms with Crippen LogP contribution in [0, 0.1) is 6.92 Å². The normalized spacial score (nSPS) is 17.3. The largest absolute Gasteiger partial charge is 0.491 e. The van der Waals surface area contributed by atoms with E-state index in [0.717, 1.165) is 23.3 Å². The van der Waals surface area contributed by atoms with Crippen molar-refractivity contribution in [3.05, 3.63) is 95.1 Å². The molecule has 1 amide bonds. The SMILES string of the molecule is CCc1ccc(C(=O)CC2(O)C(=O)N(CCOc3ccccc3C)c3ccccc32)cc1. The maximum Gasteiger partial charge on any atom is 0.264 e. The molecule has 0 aromatic heterocycles. The fourth-order valence-electron chi connectivity index (χ4n) is 4.13. The van der Waals surface area contributed by atoms with Gasteiger partial charge < -0.3 is 14.7 Å². The number of aliphatic hydroxyl groups is 1. The number of para-hydroxylation sites is 2. The Labute approximate surface area is 188 Å². The summed E-state index contributed by atoms with van der Waals surface area (Å²) in [5, 5.41) is 11.4. The average molecular weight is 430 g/mol. The van der Waals surface area contributed by atoms with E-state index in [9.17, 15) is 14.7 Å². The number of fused-ring (bicyclic) bond motifs is 1. The van der Waals surface area contributed by atoms with Gasteiger partial charge >= 0.3 is 0 Å². The van der Waals surface area contributed by atoms with Crippen LogP contribution in [-0.4, -0.2) is 29.9 Å². The van der Waals surface area contributed by atoms with E-state index < -0.39 is 11.5 Å². The van der Waals surface area contributed by atoms with Crippen molar-refractivity contribution in [2.75, 3.05) is 18.1 Å². The highest BCUT2D eigenvalue weighted by molar-refractivity contribution is 6.10. The number of nitrogens with zero attached hydrogens (tertiary/aromatic N) is 1. The molecular formula is C27H27NO4. The molecule has 0 bridgehead atoms. The van der Waals surface area contributed by atoms with Gasteiger partial charge in [0.15, 0.2) is 11.4 Å². The number of hydrogen-bond acceptors (Lipinski definition) is 4. The third kappa shape index (κ3) is 4.04. The van der Waals surface area contributed by atoms with Crippen LogP contribution in [0.25, 0.3) is 0 Å². The van der Waals surface area contributed by atoms with Gasteiger partial charge in [-0.25, -0.2) is 0 Å². The highest BCUT2D eigenvalue weighted by Gasteiger charge is 2.50. The monoisotopic (exact) mass is 429 g/mol. The summed E-state index contributed by atoms with van der Waals surface area (Å²) in [6, 6.07) is 22.1. The van der Waals surface area contributed by atoms with Crippen LogP contribution in [0.2, 0.25) is 0 Å². The number of ketones is 1. The smallest absolute Gasteiger partial charge is 0.264 e. The standard InChI is InChI=1S/C27H27NO4/c1-3-20-12-14-21(15-13-20)24(29)18-27(31)22-9-5-6-10-23(22)28(26(27)30)16-17-32-25-11-7-4-8-19(25)2/h4-15,31H,3,16-18H2,1-2H3. The molecule has 1 aliphatic heterocycles. The van der Waals surface area contributed by atoms with Crippen molar-refractivity contribution in [1.29, 1.82) is 0 Å². The van der Waals surface area contributed by atoms with Gasteiger partial charge in [0.2, 0.25) is 0 Å². The number of amides is 1. The van der Waals surface area contributed by atoms with Gasteiger partial charge in [-0.3, -0.25) is 9.59 Å². The molecule has 1 atom stereocenters. The van der Waals surface area contributed by atoms with E-state index in [0.29, 0.717) is 16.8 Å². The van der Waals surface area contributed by atoms with Crippen LogP contribution in [0.3, 0.4) is 0 Å². The van der Waals surface area contributed by atoms with E-state index in [2.05, 4.69) is 0 Å². The topological polar surface area (TPSA) is 66.8 Å². The van der Waals surface area contributed by atoms with E-state index in [1.165, 1.54) is 4.90 Å². The molecular weight excluding hydrogens is 402 g/mol. The Hall–Kier alpha value is -3.44.